The van der Waals surface area contributed by atoms with E-state index >= 15 is 0 Å². The minimum absolute atomic E-state index is 0. The number of hydrogen-bond acceptors (Lipinski definition) is 4. The molecule has 0 saturated carbocycles. The first kappa shape index (κ1) is 25.0. The van der Waals surface area contributed by atoms with Crippen molar-refractivity contribution in [1.29, 1.82) is 0 Å². The molecule has 0 fully saturated rings. The standard InChI is InChI=1S/2C12H11N3O.Ni/c2*16-12(10-5-2-1-3-6-10)15-14-9-11-7-4-8-13-11;/h2*1-9,13H,(H,15,16);/b2*14-9+;. The van der Waals surface area contributed by atoms with Gasteiger partial charge in [0, 0.05) is 40.0 Å². The van der Waals surface area contributed by atoms with Crippen molar-refractivity contribution >= 4 is 24.2 Å². The second-order valence-corrected chi connectivity index (χ2v) is 6.38. The first-order valence-corrected chi connectivity index (χ1v) is 9.76. The summed E-state index contributed by atoms with van der Waals surface area (Å²) in [6.07, 6.45) is 6.70. The van der Waals surface area contributed by atoms with Crippen LogP contribution in [0.4, 0.5) is 0 Å². The number of rotatable bonds is 6. The van der Waals surface area contributed by atoms with Gasteiger partial charge in [0.2, 0.25) is 0 Å². The largest absolute Gasteiger partial charge is 0.360 e. The molecule has 4 aromatic rings. The topological polar surface area (TPSA) is 114 Å². The van der Waals surface area contributed by atoms with Gasteiger partial charge in [-0.05, 0) is 48.5 Å². The van der Waals surface area contributed by atoms with Gasteiger partial charge in [-0.25, -0.2) is 10.9 Å². The number of H-pyrrole nitrogens is 2. The van der Waals surface area contributed by atoms with Gasteiger partial charge in [0.15, 0.2) is 0 Å². The number of nitrogens with zero attached hydrogens (tertiary/aromatic N) is 2. The molecular weight excluding hydrogens is 463 g/mol. The summed E-state index contributed by atoms with van der Waals surface area (Å²) in [4.78, 5) is 29.0. The Morgan fingerprint density at radius 2 is 1.00 bits per heavy atom. The maximum atomic E-state index is 11.5. The van der Waals surface area contributed by atoms with Crippen LogP contribution in [0.5, 0.6) is 0 Å². The fourth-order valence-electron chi connectivity index (χ4n) is 2.48. The van der Waals surface area contributed by atoms with Crippen LogP contribution >= 0.6 is 0 Å². The van der Waals surface area contributed by atoms with Crippen LogP contribution in [0.15, 0.2) is 108 Å². The Hall–Kier alpha value is -4.23. The van der Waals surface area contributed by atoms with Gasteiger partial charge in [-0.2, -0.15) is 10.2 Å². The van der Waals surface area contributed by atoms with Crippen molar-refractivity contribution in [1.82, 2.24) is 20.8 Å². The SMILES string of the molecule is O=C(N/N=C/c1ccc[nH]1)c1ccccc1.O=C(N/N=C/c1ccc[nH]1)c1ccccc1.[Ni]. The number of hydrogen-bond donors (Lipinski definition) is 4. The van der Waals surface area contributed by atoms with E-state index in [4.69, 9.17) is 0 Å². The summed E-state index contributed by atoms with van der Waals surface area (Å²) in [6, 6.07) is 25.3. The van der Waals surface area contributed by atoms with Crippen LogP contribution in [0.25, 0.3) is 0 Å². The second kappa shape index (κ2) is 14.0. The molecule has 8 nitrogen and oxygen atoms in total. The number of carbonyl (C=O) groups is 2. The third-order valence-corrected chi connectivity index (χ3v) is 4.06. The van der Waals surface area contributed by atoms with E-state index < -0.39 is 0 Å². The molecule has 0 unspecified atom stereocenters. The van der Waals surface area contributed by atoms with Crippen molar-refractivity contribution in [2.45, 2.75) is 0 Å². The molecule has 2 heterocycles. The smallest absolute Gasteiger partial charge is 0.271 e. The van der Waals surface area contributed by atoms with Gasteiger partial charge in [0.25, 0.3) is 11.8 Å². The number of carbonyl (C=O) groups excluding carboxylic acids is 2. The summed E-state index contributed by atoms with van der Waals surface area (Å²) in [5, 5.41) is 7.67. The second-order valence-electron chi connectivity index (χ2n) is 6.38. The molecule has 170 valence electrons. The van der Waals surface area contributed by atoms with E-state index in [9.17, 15) is 9.59 Å². The third-order valence-electron chi connectivity index (χ3n) is 4.06. The molecule has 4 rings (SSSR count). The molecule has 2 amide bonds. The normalized spacial score (nSPS) is 10.2. The van der Waals surface area contributed by atoms with E-state index in [-0.39, 0.29) is 28.3 Å². The Balaban J connectivity index is 0.000000227. The molecule has 0 aliphatic carbocycles. The van der Waals surface area contributed by atoms with Crippen LogP contribution in [-0.2, 0) is 16.5 Å². The zero-order chi connectivity index (χ0) is 22.4. The molecule has 0 aliphatic rings. The summed E-state index contributed by atoms with van der Waals surface area (Å²) in [7, 11) is 0. The maximum Gasteiger partial charge on any atom is 0.271 e. The van der Waals surface area contributed by atoms with Crippen LogP contribution in [0.3, 0.4) is 0 Å². The number of amides is 2. The summed E-state index contributed by atoms with van der Waals surface area (Å²) >= 11 is 0. The Kier molecular flexibility index (Phi) is 10.6. The number of benzene rings is 2. The molecule has 0 bridgehead atoms. The van der Waals surface area contributed by atoms with Crippen molar-refractivity contribution in [3.8, 4) is 0 Å². The molecule has 9 heteroatoms. The van der Waals surface area contributed by atoms with Gasteiger partial charge in [-0.15, -0.1) is 0 Å². The quantitative estimate of drug-likeness (QED) is 0.190. The zero-order valence-corrected chi connectivity index (χ0v) is 18.4. The van der Waals surface area contributed by atoms with Crippen LogP contribution in [0.2, 0.25) is 0 Å². The summed E-state index contributed by atoms with van der Waals surface area (Å²) in [6.45, 7) is 0. The molecule has 0 aliphatic heterocycles. The molecule has 33 heavy (non-hydrogen) atoms. The minimum atomic E-state index is -0.219. The monoisotopic (exact) mass is 484 g/mol. The van der Waals surface area contributed by atoms with Gasteiger partial charge in [-0.1, -0.05) is 36.4 Å². The average Bonchev–Trinajstić information content (AvgIpc) is 3.55. The van der Waals surface area contributed by atoms with Gasteiger partial charge in [0.05, 0.1) is 23.8 Å². The summed E-state index contributed by atoms with van der Waals surface area (Å²) < 4.78 is 0. The van der Waals surface area contributed by atoms with E-state index in [1.807, 2.05) is 60.7 Å². The predicted molar refractivity (Wildman–Crippen MR) is 125 cm³/mol. The van der Waals surface area contributed by atoms with E-state index in [1.165, 1.54) is 0 Å². The summed E-state index contributed by atoms with van der Waals surface area (Å²) in [5.74, 6) is -0.438. The third kappa shape index (κ3) is 8.81. The minimum Gasteiger partial charge on any atom is -0.360 e. The number of aromatic nitrogens is 2. The number of nitrogens with one attached hydrogen (secondary N) is 4. The van der Waals surface area contributed by atoms with Crippen molar-refractivity contribution in [2.24, 2.45) is 10.2 Å². The Morgan fingerprint density at radius 3 is 1.33 bits per heavy atom. The fraction of sp³-hybridized carbons (Fsp3) is 0. The Morgan fingerprint density at radius 1 is 0.606 bits per heavy atom. The Bertz CT molecular complexity index is 1050. The van der Waals surface area contributed by atoms with Gasteiger partial charge >= 0.3 is 0 Å². The molecule has 2 aromatic heterocycles. The molecular formula is C24H22N6NiO2. The Labute approximate surface area is 201 Å². The van der Waals surface area contributed by atoms with Crippen LogP contribution in [-0.4, -0.2) is 34.2 Å². The first-order valence-electron chi connectivity index (χ1n) is 9.76. The van der Waals surface area contributed by atoms with Crippen molar-refractivity contribution in [2.75, 3.05) is 0 Å². The van der Waals surface area contributed by atoms with Gasteiger partial charge in [0.1, 0.15) is 0 Å². The molecule has 0 atom stereocenters. The summed E-state index contributed by atoms with van der Waals surface area (Å²) in [5.41, 5.74) is 7.76. The predicted octanol–water partition coefficient (Wildman–Crippen LogP) is 3.55. The van der Waals surface area contributed by atoms with E-state index in [0.29, 0.717) is 11.1 Å². The number of aromatic amines is 2. The molecule has 0 spiro atoms. The van der Waals surface area contributed by atoms with Crippen molar-refractivity contribution in [3.05, 3.63) is 120 Å². The van der Waals surface area contributed by atoms with Gasteiger partial charge in [-0.3, -0.25) is 9.59 Å². The van der Waals surface area contributed by atoms with Crippen molar-refractivity contribution in [3.63, 3.8) is 0 Å². The molecule has 0 radical (unpaired) electrons. The van der Waals surface area contributed by atoms with Crippen molar-refractivity contribution < 1.29 is 26.1 Å². The van der Waals surface area contributed by atoms with Crippen LogP contribution in [0, 0.1) is 0 Å². The van der Waals surface area contributed by atoms with E-state index in [2.05, 4.69) is 31.0 Å². The fourth-order valence-corrected chi connectivity index (χ4v) is 2.48. The number of hydrazone groups is 2. The van der Waals surface area contributed by atoms with E-state index in [0.717, 1.165) is 11.4 Å². The van der Waals surface area contributed by atoms with Gasteiger partial charge < -0.3 is 9.97 Å². The molecule has 0 saturated heterocycles. The van der Waals surface area contributed by atoms with Crippen LogP contribution in [0.1, 0.15) is 32.1 Å². The zero-order valence-electron chi connectivity index (χ0n) is 17.4. The van der Waals surface area contributed by atoms with Crippen LogP contribution < -0.4 is 10.9 Å². The maximum absolute atomic E-state index is 11.5. The average molecular weight is 485 g/mol. The molecule has 4 N–H and O–H groups in total. The first-order chi connectivity index (χ1) is 15.7. The van der Waals surface area contributed by atoms with E-state index in [1.54, 1.807) is 49.1 Å². The molecule has 2 aromatic carbocycles.